The maximum atomic E-state index is 3.40. The van der Waals surface area contributed by atoms with Crippen LogP contribution in [0.15, 0.2) is 0 Å². The molecule has 0 aromatic rings. The minimum atomic E-state index is 0.609. The van der Waals surface area contributed by atoms with Crippen LogP contribution in [0.3, 0.4) is 0 Å². The molecule has 0 saturated heterocycles. The molecule has 0 aliphatic carbocycles. The van der Waals surface area contributed by atoms with Crippen LogP contribution >= 0.6 is 0 Å². The first kappa shape index (κ1) is 16.3. The third kappa shape index (κ3) is 12.0. The Labute approximate surface area is 131 Å². The third-order valence-corrected chi connectivity index (χ3v) is 9.62. The Hall–Kier alpha value is 1.20. The first-order chi connectivity index (χ1) is 8.50. The van der Waals surface area contributed by atoms with Gasteiger partial charge in [0.1, 0.15) is 0 Å². The van der Waals surface area contributed by atoms with Gasteiger partial charge in [0.25, 0.3) is 0 Å². The van der Waals surface area contributed by atoms with Crippen molar-refractivity contribution < 1.29 is 0 Å². The van der Waals surface area contributed by atoms with Crippen molar-refractivity contribution in [2.24, 2.45) is 0 Å². The molecule has 0 aromatic carbocycles. The van der Waals surface area contributed by atoms with Gasteiger partial charge in [0, 0.05) is 0 Å². The Morgan fingerprint density at radius 1 is 0.412 bits per heavy atom. The van der Waals surface area contributed by atoms with E-state index in [4.69, 9.17) is 0 Å². The molecular formula is C13H18Se4. The summed E-state index contributed by atoms with van der Waals surface area (Å²) in [6.07, 6.45) is 6.97. The summed E-state index contributed by atoms with van der Waals surface area (Å²) in [5, 5.41) is 5.47. The first-order valence-electron chi connectivity index (χ1n) is 5.97. The van der Waals surface area contributed by atoms with Crippen molar-refractivity contribution >= 4 is 59.8 Å². The molecule has 0 nitrogen and oxygen atoms in total. The molecule has 0 atom stereocenters. The molecule has 0 spiro atoms. The van der Waals surface area contributed by atoms with Crippen LogP contribution in [0.2, 0.25) is 21.3 Å². The molecule has 0 N–H and O–H groups in total. The molecule has 0 bridgehead atoms. The van der Waals surface area contributed by atoms with Crippen LogP contribution in [0, 0.1) is 19.3 Å². The van der Waals surface area contributed by atoms with Crippen molar-refractivity contribution in [3.8, 4) is 19.3 Å². The van der Waals surface area contributed by atoms with Crippen molar-refractivity contribution in [1.82, 2.24) is 0 Å². The van der Waals surface area contributed by atoms with Gasteiger partial charge in [-0.25, -0.2) is 0 Å². The summed E-state index contributed by atoms with van der Waals surface area (Å²) in [7, 11) is 0. The van der Waals surface area contributed by atoms with E-state index in [2.05, 4.69) is 19.3 Å². The molecule has 0 fully saturated rings. The third-order valence-electron chi connectivity index (χ3n) is 2.11. The van der Waals surface area contributed by atoms with Gasteiger partial charge in [-0.3, -0.25) is 0 Å². The monoisotopic (exact) mass is 494 g/mol. The van der Waals surface area contributed by atoms with Crippen molar-refractivity contribution in [2.45, 2.75) is 53.4 Å². The summed E-state index contributed by atoms with van der Waals surface area (Å²) >= 11 is 2.45. The molecule has 0 amide bonds. The summed E-state index contributed by atoms with van der Waals surface area (Å²) in [6, 6.07) is 0. The minimum absolute atomic E-state index is 0.609. The Morgan fingerprint density at radius 2 is 0.706 bits per heavy atom. The number of rotatable bonds is 0. The molecule has 0 aromatic heterocycles. The van der Waals surface area contributed by atoms with Crippen LogP contribution < -0.4 is 0 Å². The molecule has 0 unspecified atom stereocenters. The normalized spacial score (nSPS) is 20.2. The van der Waals surface area contributed by atoms with E-state index in [-0.39, 0.29) is 0 Å². The van der Waals surface area contributed by atoms with Crippen LogP contribution in [-0.2, 0) is 0 Å². The van der Waals surface area contributed by atoms with E-state index in [0.717, 1.165) is 0 Å². The molecule has 1 rings (SSSR count). The van der Waals surface area contributed by atoms with Gasteiger partial charge in [0.05, 0.1) is 0 Å². The molecule has 0 radical (unpaired) electrons. The van der Waals surface area contributed by atoms with E-state index in [1.165, 1.54) is 53.4 Å². The molecule has 1 aliphatic rings. The number of hydrogen-bond donors (Lipinski definition) is 0. The van der Waals surface area contributed by atoms with Gasteiger partial charge in [0.15, 0.2) is 0 Å². The summed E-state index contributed by atoms with van der Waals surface area (Å²) < 4.78 is 0. The zero-order chi connectivity index (χ0) is 12.0. The SMILES string of the molecule is C1#C[Se]CCCC[Se]C#C[Se]CCCCC[Se]1. The van der Waals surface area contributed by atoms with E-state index >= 15 is 0 Å². The second kappa shape index (κ2) is 13.6. The standard InChI is InChI=1S/C13H18Se4/c1-2-6-14-10-12-16-8-4-5-9-17-13-11-15-7-3-1/h1-9H2. The maximum absolute atomic E-state index is 3.40. The van der Waals surface area contributed by atoms with Gasteiger partial charge in [0.2, 0.25) is 0 Å². The van der Waals surface area contributed by atoms with Gasteiger partial charge in [-0.05, 0) is 0 Å². The van der Waals surface area contributed by atoms with Crippen molar-refractivity contribution in [3.63, 3.8) is 0 Å². The van der Waals surface area contributed by atoms with Crippen molar-refractivity contribution in [2.75, 3.05) is 0 Å². The molecule has 4 heteroatoms. The average molecular weight is 490 g/mol. The van der Waals surface area contributed by atoms with Crippen molar-refractivity contribution in [3.05, 3.63) is 0 Å². The second-order valence-electron chi connectivity index (χ2n) is 3.57. The van der Waals surface area contributed by atoms with Crippen LogP contribution in [0.5, 0.6) is 0 Å². The van der Waals surface area contributed by atoms with Gasteiger partial charge in [-0.15, -0.1) is 0 Å². The molecular weight excluding hydrogens is 472 g/mol. The Kier molecular flexibility index (Phi) is 13.0. The fourth-order valence-electron chi connectivity index (χ4n) is 1.20. The molecule has 0 saturated carbocycles. The molecule has 1 heterocycles. The van der Waals surface area contributed by atoms with E-state index in [1.807, 2.05) is 0 Å². The zero-order valence-corrected chi connectivity index (χ0v) is 16.8. The Morgan fingerprint density at radius 3 is 1.06 bits per heavy atom. The van der Waals surface area contributed by atoms with Gasteiger partial charge >= 0.3 is 132 Å². The Balaban J connectivity index is 2.18. The second-order valence-corrected chi connectivity index (χ2v) is 11.1. The number of hydrogen-bond acceptors (Lipinski definition) is 0. The summed E-state index contributed by atoms with van der Waals surface area (Å²) in [5.41, 5.74) is 0. The van der Waals surface area contributed by atoms with E-state index in [9.17, 15) is 0 Å². The van der Waals surface area contributed by atoms with Crippen LogP contribution in [0.25, 0.3) is 0 Å². The van der Waals surface area contributed by atoms with Gasteiger partial charge < -0.3 is 0 Å². The zero-order valence-electron chi connectivity index (χ0n) is 10.00. The first-order valence-corrected chi connectivity index (χ1v) is 14.2. The van der Waals surface area contributed by atoms with Gasteiger partial charge in [-0.1, -0.05) is 0 Å². The van der Waals surface area contributed by atoms with E-state index < -0.39 is 0 Å². The summed E-state index contributed by atoms with van der Waals surface area (Å²) in [6.45, 7) is 0. The average Bonchev–Trinajstić information content (AvgIpc) is 2.35. The van der Waals surface area contributed by atoms with Crippen LogP contribution in [0.1, 0.15) is 32.1 Å². The van der Waals surface area contributed by atoms with E-state index in [0.29, 0.717) is 59.8 Å². The molecule has 1 aliphatic heterocycles. The van der Waals surface area contributed by atoms with Gasteiger partial charge in [-0.2, -0.15) is 0 Å². The van der Waals surface area contributed by atoms with E-state index in [1.54, 1.807) is 0 Å². The molecule has 94 valence electrons. The fourth-order valence-corrected chi connectivity index (χ4v) is 8.04. The van der Waals surface area contributed by atoms with Crippen molar-refractivity contribution in [1.29, 1.82) is 0 Å². The summed E-state index contributed by atoms with van der Waals surface area (Å²) in [4.78, 5) is 13.6. The molecule has 17 heavy (non-hydrogen) atoms. The Bertz CT molecular complexity index is 262. The quantitative estimate of drug-likeness (QED) is 0.362. The topological polar surface area (TPSA) is 0 Å². The fraction of sp³-hybridized carbons (Fsp3) is 0.692. The van der Waals surface area contributed by atoms with Crippen LogP contribution in [0.4, 0.5) is 0 Å². The predicted molar refractivity (Wildman–Crippen MR) is 80.9 cm³/mol. The van der Waals surface area contributed by atoms with Crippen LogP contribution in [-0.4, -0.2) is 59.8 Å². The predicted octanol–water partition coefficient (Wildman–Crippen LogP) is 2.28. The summed E-state index contributed by atoms with van der Waals surface area (Å²) in [5.74, 6) is 0.